The molecule has 1 fully saturated rings. The van der Waals surface area contributed by atoms with Crippen LogP contribution in [-0.2, 0) is 10.2 Å². The normalized spacial score (nSPS) is 27.1. The van der Waals surface area contributed by atoms with E-state index in [0.717, 1.165) is 12.1 Å². The third kappa shape index (κ3) is 4.11. The molecule has 6 heteroatoms. The second kappa shape index (κ2) is 6.01. The van der Waals surface area contributed by atoms with Gasteiger partial charge in [-0.1, -0.05) is 32.8 Å². The highest BCUT2D eigenvalue weighted by molar-refractivity contribution is 7.90. The predicted molar refractivity (Wildman–Crippen MR) is 82.8 cm³/mol. The Morgan fingerprint density at radius 2 is 1.90 bits per heavy atom. The second-order valence-electron chi connectivity index (χ2n) is 5.75. The fourth-order valence-corrected chi connectivity index (χ4v) is 3.29. The van der Waals surface area contributed by atoms with Crippen LogP contribution in [0.4, 0.5) is 11.4 Å². The maximum absolute atomic E-state index is 11.0. The molecule has 3 unspecified atom stereocenters. The zero-order chi connectivity index (χ0) is 14.8. The molecule has 0 spiro atoms. The van der Waals surface area contributed by atoms with Crippen LogP contribution in [0.3, 0.4) is 0 Å². The summed E-state index contributed by atoms with van der Waals surface area (Å²) in [7, 11) is -3.72. The van der Waals surface area contributed by atoms with Gasteiger partial charge in [0, 0.05) is 11.7 Å². The first-order chi connectivity index (χ1) is 9.35. The number of hydrogen-bond acceptors (Lipinski definition) is 3. The lowest BCUT2D eigenvalue weighted by atomic mass is 9.78. The molecule has 112 valence electrons. The third-order valence-electron chi connectivity index (χ3n) is 4.18. The summed E-state index contributed by atoms with van der Waals surface area (Å²) in [4.78, 5) is 0. The summed E-state index contributed by atoms with van der Waals surface area (Å²) < 4.78 is 24.4. The van der Waals surface area contributed by atoms with E-state index in [0.29, 0.717) is 23.6 Å². The Bertz CT molecular complexity index is 559. The largest absolute Gasteiger partial charge is 0.382 e. The van der Waals surface area contributed by atoms with Gasteiger partial charge in [-0.2, -0.15) is 8.42 Å². The molecule has 1 aliphatic rings. The molecule has 5 nitrogen and oxygen atoms in total. The highest BCUT2D eigenvalue weighted by Crippen LogP contribution is 2.32. The van der Waals surface area contributed by atoms with E-state index in [9.17, 15) is 8.42 Å². The van der Waals surface area contributed by atoms with Gasteiger partial charge in [0.2, 0.25) is 0 Å². The van der Waals surface area contributed by atoms with E-state index in [4.69, 9.17) is 5.14 Å². The fraction of sp³-hybridized carbons (Fsp3) is 0.571. The molecular weight excluding hydrogens is 274 g/mol. The highest BCUT2D eigenvalue weighted by atomic mass is 32.2. The van der Waals surface area contributed by atoms with E-state index in [2.05, 4.69) is 23.9 Å². The van der Waals surface area contributed by atoms with Gasteiger partial charge in [0.15, 0.2) is 0 Å². The van der Waals surface area contributed by atoms with Crippen LogP contribution in [0.15, 0.2) is 24.3 Å². The van der Waals surface area contributed by atoms with Gasteiger partial charge in [0.25, 0.3) is 10.2 Å². The highest BCUT2D eigenvalue weighted by Gasteiger charge is 2.26. The van der Waals surface area contributed by atoms with Gasteiger partial charge in [-0.05, 0) is 36.5 Å². The Labute approximate surface area is 121 Å². The fourth-order valence-electron chi connectivity index (χ4n) is 2.84. The average Bonchev–Trinajstić information content (AvgIpc) is 2.33. The Morgan fingerprint density at radius 3 is 2.60 bits per heavy atom. The standard InChI is InChI=1S/C14H23N3O2S/c1-10-5-3-8-14(11(10)2)16-12-6-4-7-13(9-12)17-20(15,18)19/h4,6-7,9-11,14,16-17H,3,5,8H2,1-2H3,(H2,15,18,19). The maximum atomic E-state index is 11.0. The maximum Gasteiger partial charge on any atom is 0.296 e. The topological polar surface area (TPSA) is 84.2 Å². The van der Waals surface area contributed by atoms with Gasteiger partial charge in [-0.15, -0.1) is 0 Å². The predicted octanol–water partition coefficient (Wildman–Crippen LogP) is 2.54. The number of hydrogen-bond donors (Lipinski definition) is 3. The van der Waals surface area contributed by atoms with Crippen molar-refractivity contribution in [3.05, 3.63) is 24.3 Å². The monoisotopic (exact) mass is 297 g/mol. The smallest absolute Gasteiger partial charge is 0.296 e. The number of nitrogens with one attached hydrogen (secondary N) is 2. The van der Waals surface area contributed by atoms with Crippen molar-refractivity contribution in [2.24, 2.45) is 17.0 Å². The summed E-state index contributed by atoms with van der Waals surface area (Å²) in [5.41, 5.74) is 1.40. The van der Waals surface area contributed by atoms with Crippen LogP contribution in [0.2, 0.25) is 0 Å². The lowest BCUT2D eigenvalue weighted by molar-refractivity contribution is 0.253. The van der Waals surface area contributed by atoms with E-state index in [1.54, 1.807) is 12.1 Å². The molecule has 1 aliphatic carbocycles. The van der Waals surface area contributed by atoms with Crippen molar-refractivity contribution in [2.75, 3.05) is 10.0 Å². The molecule has 0 radical (unpaired) electrons. The van der Waals surface area contributed by atoms with E-state index < -0.39 is 10.2 Å². The van der Waals surface area contributed by atoms with Crippen molar-refractivity contribution >= 4 is 21.6 Å². The number of rotatable bonds is 4. The molecule has 0 aliphatic heterocycles. The summed E-state index contributed by atoms with van der Waals surface area (Å²) in [6.45, 7) is 4.56. The Balaban J connectivity index is 2.08. The number of benzene rings is 1. The van der Waals surface area contributed by atoms with Crippen molar-refractivity contribution in [2.45, 2.75) is 39.2 Å². The van der Waals surface area contributed by atoms with Gasteiger partial charge in [0.05, 0.1) is 5.69 Å². The molecule has 0 saturated heterocycles. The van der Waals surface area contributed by atoms with Gasteiger partial charge in [-0.3, -0.25) is 4.72 Å². The van der Waals surface area contributed by atoms with Gasteiger partial charge in [0.1, 0.15) is 0 Å². The van der Waals surface area contributed by atoms with Crippen LogP contribution in [0, 0.1) is 11.8 Å². The third-order valence-corrected chi connectivity index (χ3v) is 4.70. The lowest BCUT2D eigenvalue weighted by Gasteiger charge is -2.35. The van der Waals surface area contributed by atoms with E-state index in [1.165, 1.54) is 12.8 Å². The first kappa shape index (κ1) is 15.1. The quantitative estimate of drug-likeness (QED) is 0.798. The van der Waals surface area contributed by atoms with Gasteiger partial charge >= 0.3 is 0 Å². The minimum atomic E-state index is -3.72. The second-order valence-corrected chi connectivity index (χ2v) is 7.04. The van der Waals surface area contributed by atoms with Gasteiger partial charge in [-0.25, -0.2) is 5.14 Å². The van der Waals surface area contributed by atoms with E-state index >= 15 is 0 Å². The molecule has 1 aromatic rings. The average molecular weight is 297 g/mol. The Morgan fingerprint density at radius 1 is 1.20 bits per heavy atom. The molecule has 0 bridgehead atoms. The first-order valence-corrected chi connectivity index (χ1v) is 8.57. The van der Waals surface area contributed by atoms with E-state index in [1.807, 2.05) is 12.1 Å². The Kier molecular flexibility index (Phi) is 4.55. The SMILES string of the molecule is CC1CCCC(Nc2cccc(NS(N)(=O)=O)c2)C1C. The summed E-state index contributed by atoms with van der Waals surface area (Å²) in [5, 5.41) is 8.49. The van der Waals surface area contributed by atoms with E-state index in [-0.39, 0.29) is 0 Å². The molecule has 2 rings (SSSR count). The summed E-state index contributed by atoms with van der Waals surface area (Å²) in [5.74, 6) is 1.32. The molecule has 1 saturated carbocycles. The van der Waals surface area contributed by atoms with Crippen LogP contribution in [0.5, 0.6) is 0 Å². The molecule has 0 aromatic heterocycles. The van der Waals surface area contributed by atoms with Crippen LogP contribution < -0.4 is 15.2 Å². The molecule has 20 heavy (non-hydrogen) atoms. The molecule has 3 atom stereocenters. The molecule has 1 aromatic carbocycles. The van der Waals surface area contributed by atoms with Crippen molar-refractivity contribution in [3.63, 3.8) is 0 Å². The summed E-state index contributed by atoms with van der Waals surface area (Å²) >= 11 is 0. The van der Waals surface area contributed by atoms with Crippen LogP contribution in [0.25, 0.3) is 0 Å². The molecule has 0 amide bonds. The van der Waals surface area contributed by atoms with Crippen molar-refractivity contribution in [1.82, 2.24) is 0 Å². The summed E-state index contributed by atoms with van der Waals surface area (Å²) in [6.07, 6.45) is 3.67. The summed E-state index contributed by atoms with van der Waals surface area (Å²) in [6, 6.07) is 7.65. The minimum Gasteiger partial charge on any atom is -0.382 e. The zero-order valence-corrected chi connectivity index (χ0v) is 12.8. The molecule has 0 heterocycles. The lowest BCUT2D eigenvalue weighted by Crippen LogP contribution is -2.35. The zero-order valence-electron chi connectivity index (χ0n) is 12.0. The molecule has 4 N–H and O–H groups in total. The van der Waals surface area contributed by atoms with Crippen molar-refractivity contribution in [1.29, 1.82) is 0 Å². The van der Waals surface area contributed by atoms with Crippen molar-refractivity contribution < 1.29 is 8.42 Å². The van der Waals surface area contributed by atoms with Gasteiger partial charge < -0.3 is 5.32 Å². The van der Waals surface area contributed by atoms with Crippen molar-refractivity contribution in [3.8, 4) is 0 Å². The first-order valence-electron chi connectivity index (χ1n) is 7.02. The number of nitrogens with two attached hydrogens (primary N) is 1. The van der Waals surface area contributed by atoms with Crippen LogP contribution >= 0.6 is 0 Å². The van der Waals surface area contributed by atoms with Crippen LogP contribution in [0.1, 0.15) is 33.1 Å². The number of anilines is 2. The van der Waals surface area contributed by atoms with Crippen LogP contribution in [-0.4, -0.2) is 14.5 Å². The minimum absolute atomic E-state index is 0.434. The molecular formula is C14H23N3O2S. The Hall–Kier alpha value is -1.27.